The van der Waals surface area contributed by atoms with Gasteiger partial charge in [0, 0.05) is 11.1 Å². The van der Waals surface area contributed by atoms with E-state index in [4.69, 9.17) is 0 Å². The van der Waals surface area contributed by atoms with Gasteiger partial charge in [0.1, 0.15) is 0 Å². The van der Waals surface area contributed by atoms with Gasteiger partial charge in [-0.3, -0.25) is 4.98 Å². The van der Waals surface area contributed by atoms with E-state index in [-0.39, 0.29) is 0 Å². The van der Waals surface area contributed by atoms with Gasteiger partial charge in [0.05, 0.1) is 5.52 Å². The van der Waals surface area contributed by atoms with Crippen molar-refractivity contribution in [2.75, 3.05) is 0 Å². The fourth-order valence-corrected chi connectivity index (χ4v) is 1.68. The maximum absolute atomic E-state index is 4.61. The molecule has 14 heavy (non-hydrogen) atoms. The molecule has 2 rings (SSSR count). The van der Waals surface area contributed by atoms with Crippen molar-refractivity contribution >= 4 is 10.9 Å². The average molecular weight is 185 g/mol. The lowest BCUT2D eigenvalue weighted by Crippen LogP contribution is -1.89. The molecule has 1 heteroatoms. The van der Waals surface area contributed by atoms with Crippen molar-refractivity contribution in [1.82, 2.24) is 4.98 Å². The van der Waals surface area contributed by atoms with Gasteiger partial charge in [-0.2, -0.15) is 0 Å². The monoisotopic (exact) mass is 185 g/mol. The first-order chi connectivity index (χ1) is 6.79. The summed E-state index contributed by atoms with van der Waals surface area (Å²) in [5.41, 5.74) is 3.60. The second-order valence-electron chi connectivity index (χ2n) is 3.75. The van der Waals surface area contributed by atoms with Crippen LogP contribution in [0.15, 0.2) is 30.3 Å². The first kappa shape index (κ1) is 9.20. The van der Waals surface area contributed by atoms with Gasteiger partial charge in [-0.25, -0.2) is 0 Å². The number of hydrogen-bond donors (Lipinski definition) is 0. The van der Waals surface area contributed by atoms with Gasteiger partial charge >= 0.3 is 0 Å². The van der Waals surface area contributed by atoms with Crippen LogP contribution in [0.1, 0.15) is 24.6 Å². The molecule has 0 N–H and O–H groups in total. The Kier molecular flexibility index (Phi) is 2.49. The summed E-state index contributed by atoms with van der Waals surface area (Å²) < 4.78 is 0. The summed E-state index contributed by atoms with van der Waals surface area (Å²) in [6.45, 7) is 4.29. The van der Waals surface area contributed by atoms with Crippen LogP contribution < -0.4 is 0 Å². The Bertz CT molecular complexity index is 446. The Balaban J connectivity index is 2.50. The molecule has 1 nitrogen and oxygen atoms in total. The highest BCUT2D eigenvalue weighted by atomic mass is 14.7. The lowest BCUT2D eigenvalue weighted by molar-refractivity contribution is 0.890. The highest BCUT2D eigenvalue weighted by Gasteiger charge is 1.97. The van der Waals surface area contributed by atoms with Crippen LogP contribution in [0, 0.1) is 6.92 Å². The molecule has 0 radical (unpaired) electrons. The number of fused-ring (bicyclic) bond motifs is 1. The highest BCUT2D eigenvalue weighted by Crippen LogP contribution is 2.14. The Labute approximate surface area is 84.8 Å². The summed E-state index contributed by atoms with van der Waals surface area (Å²) in [5.74, 6) is 0. The lowest BCUT2D eigenvalue weighted by atomic mass is 10.1. The smallest absolute Gasteiger partial charge is 0.0705 e. The van der Waals surface area contributed by atoms with Gasteiger partial charge in [0.25, 0.3) is 0 Å². The molecule has 0 aliphatic rings. The number of hydrogen-bond acceptors (Lipinski definition) is 1. The third-order valence-corrected chi connectivity index (χ3v) is 2.41. The van der Waals surface area contributed by atoms with E-state index in [1.54, 1.807) is 0 Å². The Morgan fingerprint density at radius 1 is 1.14 bits per heavy atom. The average Bonchev–Trinajstić information content (AvgIpc) is 2.19. The number of aryl methyl sites for hydroxylation is 2. The number of nitrogens with zero attached hydrogens (tertiary/aromatic N) is 1. The molecule has 0 aliphatic carbocycles. The zero-order chi connectivity index (χ0) is 9.97. The molecule has 0 unspecified atom stereocenters. The minimum Gasteiger partial charge on any atom is -0.253 e. The summed E-state index contributed by atoms with van der Waals surface area (Å²) in [7, 11) is 0. The Hall–Kier alpha value is -1.37. The minimum atomic E-state index is 1.07. The molecule has 0 atom stereocenters. The van der Waals surface area contributed by atoms with E-state index in [1.807, 2.05) is 0 Å². The maximum Gasteiger partial charge on any atom is 0.0705 e. The number of rotatable bonds is 2. The van der Waals surface area contributed by atoms with Crippen LogP contribution in [0.25, 0.3) is 10.9 Å². The van der Waals surface area contributed by atoms with Crippen LogP contribution in [0.2, 0.25) is 0 Å². The molecular weight excluding hydrogens is 170 g/mol. The number of pyridine rings is 1. The van der Waals surface area contributed by atoms with Crippen molar-refractivity contribution < 1.29 is 0 Å². The summed E-state index contributed by atoms with van der Waals surface area (Å²) >= 11 is 0. The molecule has 0 saturated heterocycles. The molecule has 0 bridgehead atoms. The molecule has 0 amide bonds. The zero-order valence-electron chi connectivity index (χ0n) is 8.75. The van der Waals surface area contributed by atoms with Crippen LogP contribution in [-0.2, 0) is 6.42 Å². The summed E-state index contributed by atoms with van der Waals surface area (Å²) in [6.07, 6.45) is 2.23. The second-order valence-corrected chi connectivity index (χ2v) is 3.75. The fourth-order valence-electron chi connectivity index (χ4n) is 1.68. The van der Waals surface area contributed by atoms with Gasteiger partial charge in [-0.1, -0.05) is 31.0 Å². The Morgan fingerprint density at radius 3 is 2.79 bits per heavy atom. The maximum atomic E-state index is 4.61. The predicted octanol–water partition coefficient (Wildman–Crippen LogP) is 3.50. The van der Waals surface area contributed by atoms with Gasteiger partial charge < -0.3 is 0 Å². The van der Waals surface area contributed by atoms with E-state index in [1.165, 1.54) is 16.6 Å². The van der Waals surface area contributed by atoms with Crippen molar-refractivity contribution in [3.05, 3.63) is 41.6 Å². The second kappa shape index (κ2) is 3.79. The van der Waals surface area contributed by atoms with E-state index in [2.05, 4.69) is 49.2 Å². The van der Waals surface area contributed by atoms with Crippen molar-refractivity contribution in [2.45, 2.75) is 26.7 Å². The van der Waals surface area contributed by atoms with Crippen molar-refractivity contribution in [2.24, 2.45) is 0 Å². The largest absolute Gasteiger partial charge is 0.253 e. The van der Waals surface area contributed by atoms with Crippen LogP contribution in [0.4, 0.5) is 0 Å². The van der Waals surface area contributed by atoms with E-state index in [0.29, 0.717) is 0 Å². The third-order valence-electron chi connectivity index (χ3n) is 2.41. The lowest BCUT2D eigenvalue weighted by Gasteiger charge is -2.02. The Morgan fingerprint density at radius 2 is 2.00 bits per heavy atom. The van der Waals surface area contributed by atoms with Crippen LogP contribution in [0.3, 0.4) is 0 Å². The normalized spacial score (nSPS) is 10.7. The molecule has 0 aliphatic heterocycles. The standard InChI is InChI=1S/C13H15N/c1-3-4-12-7-6-11-9-10(2)5-8-13(11)14-12/h5-9H,3-4H2,1-2H3. The molecule has 1 heterocycles. The minimum absolute atomic E-state index is 1.07. The number of aromatic nitrogens is 1. The molecule has 1 aromatic carbocycles. The molecule has 72 valence electrons. The van der Waals surface area contributed by atoms with Gasteiger partial charge in [0.2, 0.25) is 0 Å². The van der Waals surface area contributed by atoms with Gasteiger partial charge in [-0.05, 0) is 31.5 Å². The quantitative estimate of drug-likeness (QED) is 0.697. The van der Waals surface area contributed by atoms with Gasteiger partial charge in [-0.15, -0.1) is 0 Å². The zero-order valence-corrected chi connectivity index (χ0v) is 8.75. The first-order valence-electron chi connectivity index (χ1n) is 5.16. The fraction of sp³-hybridized carbons (Fsp3) is 0.308. The topological polar surface area (TPSA) is 12.9 Å². The number of benzene rings is 1. The molecular formula is C13H15N. The third kappa shape index (κ3) is 1.77. The summed E-state index contributed by atoms with van der Waals surface area (Å²) in [5, 5.41) is 1.24. The molecule has 0 fully saturated rings. The van der Waals surface area contributed by atoms with Gasteiger partial charge in [0.15, 0.2) is 0 Å². The highest BCUT2D eigenvalue weighted by molar-refractivity contribution is 5.79. The van der Waals surface area contributed by atoms with Crippen LogP contribution >= 0.6 is 0 Å². The predicted molar refractivity (Wildman–Crippen MR) is 60.5 cm³/mol. The molecule has 0 saturated carbocycles. The molecule has 0 spiro atoms. The molecule has 1 aromatic heterocycles. The van der Waals surface area contributed by atoms with Crippen LogP contribution in [0.5, 0.6) is 0 Å². The summed E-state index contributed by atoms with van der Waals surface area (Å²) in [4.78, 5) is 4.61. The van der Waals surface area contributed by atoms with Crippen molar-refractivity contribution in [1.29, 1.82) is 0 Å². The van der Waals surface area contributed by atoms with Crippen molar-refractivity contribution in [3.8, 4) is 0 Å². The first-order valence-corrected chi connectivity index (χ1v) is 5.16. The van der Waals surface area contributed by atoms with E-state index in [9.17, 15) is 0 Å². The van der Waals surface area contributed by atoms with Crippen molar-refractivity contribution in [3.63, 3.8) is 0 Å². The SMILES string of the molecule is CCCc1ccc2cc(C)ccc2n1. The van der Waals surface area contributed by atoms with E-state index < -0.39 is 0 Å². The van der Waals surface area contributed by atoms with E-state index in [0.717, 1.165) is 18.4 Å². The molecule has 2 aromatic rings. The van der Waals surface area contributed by atoms with E-state index >= 15 is 0 Å². The van der Waals surface area contributed by atoms with Crippen LogP contribution in [-0.4, -0.2) is 4.98 Å². The summed E-state index contributed by atoms with van der Waals surface area (Å²) in [6, 6.07) is 10.7.